The molecule has 26 heavy (non-hydrogen) atoms. The van der Waals surface area contributed by atoms with Gasteiger partial charge in [0.05, 0.1) is 6.04 Å². The third kappa shape index (κ3) is 4.73. The van der Waals surface area contributed by atoms with Crippen molar-refractivity contribution in [2.75, 3.05) is 23.3 Å². The lowest BCUT2D eigenvalue weighted by Gasteiger charge is -2.32. The summed E-state index contributed by atoms with van der Waals surface area (Å²) >= 11 is 5.44. The van der Waals surface area contributed by atoms with Crippen molar-refractivity contribution in [3.05, 3.63) is 53.7 Å². The number of benzene rings is 1. The molecule has 2 heterocycles. The number of anilines is 2. The lowest BCUT2D eigenvalue weighted by atomic mass is 9.98. The largest absolute Gasteiger partial charge is 0.372 e. The third-order valence-corrected chi connectivity index (χ3v) is 5.35. The maximum absolute atomic E-state index is 5.44. The van der Waals surface area contributed by atoms with E-state index in [9.17, 15) is 0 Å². The smallest absolute Gasteiger partial charge is 0.172 e. The van der Waals surface area contributed by atoms with Gasteiger partial charge in [0.2, 0.25) is 0 Å². The Hall–Kier alpha value is -2.14. The first kappa shape index (κ1) is 18.6. The zero-order valence-electron chi connectivity index (χ0n) is 15.8. The normalized spacial score (nSPS) is 16.2. The van der Waals surface area contributed by atoms with Crippen LogP contribution in [-0.2, 0) is 0 Å². The number of thiocarbonyl (C=S) groups is 1. The molecule has 0 bridgehead atoms. The van der Waals surface area contributed by atoms with Gasteiger partial charge in [-0.1, -0.05) is 25.1 Å². The number of hydrogen-bond donors (Lipinski definition) is 2. The van der Waals surface area contributed by atoms with Gasteiger partial charge in [0.25, 0.3) is 0 Å². The molecule has 0 aliphatic carbocycles. The van der Waals surface area contributed by atoms with Crippen molar-refractivity contribution < 1.29 is 0 Å². The van der Waals surface area contributed by atoms with Crippen LogP contribution in [-0.4, -0.2) is 23.2 Å². The maximum Gasteiger partial charge on any atom is 0.172 e. The second-order valence-electron chi connectivity index (χ2n) is 7.25. The van der Waals surface area contributed by atoms with Crippen LogP contribution in [0.4, 0.5) is 11.5 Å². The van der Waals surface area contributed by atoms with Gasteiger partial charge in [-0.05, 0) is 74.2 Å². The van der Waals surface area contributed by atoms with E-state index in [0.717, 1.165) is 30.4 Å². The summed E-state index contributed by atoms with van der Waals surface area (Å²) < 4.78 is 0. The van der Waals surface area contributed by atoms with Crippen molar-refractivity contribution >= 4 is 28.8 Å². The minimum Gasteiger partial charge on any atom is -0.372 e. The topological polar surface area (TPSA) is 40.2 Å². The van der Waals surface area contributed by atoms with Gasteiger partial charge in [-0.2, -0.15) is 0 Å². The molecule has 1 atom stereocenters. The average Bonchev–Trinajstić information content (AvgIpc) is 2.64. The highest BCUT2D eigenvalue weighted by molar-refractivity contribution is 7.80. The first-order valence-electron chi connectivity index (χ1n) is 9.37. The molecule has 1 fully saturated rings. The molecule has 138 valence electrons. The maximum atomic E-state index is 5.44. The van der Waals surface area contributed by atoms with E-state index in [1.54, 1.807) is 6.20 Å². The van der Waals surface area contributed by atoms with Crippen molar-refractivity contribution in [3.8, 4) is 0 Å². The standard InChI is InChI=1S/C21H28N4S/c1-15-10-13-25(14-11-15)19-8-6-18(7-9-19)17(3)23-21(26)24-20-16(2)5-4-12-22-20/h4-9,12,15,17H,10-11,13-14H2,1-3H3,(H2,22,23,24,26). The van der Waals surface area contributed by atoms with Gasteiger partial charge in [-0.15, -0.1) is 0 Å². The van der Waals surface area contributed by atoms with Gasteiger partial charge in [0.15, 0.2) is 5.11 Å². The fourth-order valence-electron chi connectivity index (χ4n) is 3.28. The van der Waals surface area contributed by atoms with Crippen LogP contribution in [0.5, 0.6) is 0 Å². The van der Waals surface area contributed by atoms with Crippen molar-refractivity contribution in [2.45, 2.75) is 39.7 Å². The van der Waals surface area contributed by atoms with Gasteiger partial charge < -0.3 is 15.5 Å². The SMILES string of the molecule is Cc1cccnc1NC(=S)NC(C)c1ccc(N2CCC(C)CC2)cc1. The third-order valence-electron chi connectivity index (χ3n) is 5.13. The fourth-order valence-corrected chi connectivity index (χ4v) is 3.55. The van der Waals surface area contributed by atoms with Crippen molar-refractivity contribution in [1.29, 1.82) is 0 Å². The summed E-state index contributed by atoms with van der Waals surface area (Å²) in [5.74, 6) is 1.65. The van der Waals surface area contributed by atoms with Crippen LogP contribution in [0.1, 0.15) is 43.9 Å². The molecule has 4 nitrogen and oxygen atoms in total. The van der Waals surface area contributed by atoms with E-state index in [1.807, 2.05) is 19.1 Å². The molecule has 0 spiro atoms. The number of nitrogens with zero attached hydrogens (tertiary/aromatic N) is 2. The number of rotatable bonds is 4. The van der Waals surface area contributed by atoms with Crippen molar-refractivity contribution in [3.63, 3.8) is 0 Å². The van der Waals surface area contributed by atoms with E-state index >= 15 is 0 Å². The highest BCUT2D eigenvalue weighted by Crippen LogP contribution is 2.24. The summed E-state index contributed by atoms with van der Waals surface area (Å²) in [4.78, 5) is 6.81. The summed E-state index contributed by atoms with van der Waals surface area (Å²) in [6.45, 7) is 8.80. The monoisotopic (exact) mass is 368 g/mol. The first-order valence-corrected chi connectivity index (χ1v) is 9.78. The predicted molar refractivity (Wildman–Crippen MR) is 114 cm³/mol. The summed E-state index contributed by atoms with van der Waals surface area (Å²) in [6, 6.07) is 12.9. The van der Waals surface area contributed by atoms with Gasteiger partial charge >= 0.3 is 0 Å². The molecular formula is C21H28N4S. The Morgan fingerprint density at radius 3 is 2.54 bits per heavy atom. The van der Waals surface area contributed by atoms with Crippen molar-refractivity contribution in [2.24, 2.45) is 5.92 Å². The highest BCUT2D eigenvalue weighted by atomic mass is 32.1. The zero-order chi connectivity index (χ0) is 18.5. The van der Waals surface area contributed by atoms with Crippen LogP contribution in [0.3, 0.4) is 0 Å². The second kappa shape index (κ2) is 8.49. The number of pyridine rings is 1. The van der Waals surface area contributed by atoms with E-state index < -0.39 is 0 Å². The van der Waals surface area contributed by atoms with Crippen LogP contribution in [0.15, 0.2) is 42.6 Å². The summed E-state index contributed by atoms with van der Waals surface area (Å²) in [5.41, 5.74) is 3.61. The van der Waals surface area contributed by atoms with Crippen LogP contribution in [0, 0.1) is 12.8 Å². The molecule has 1 aliphatic heterocycles. The molecule has 1 aromatic carbocycles. The Balaban J connectivity index is 1.57. The zero-order valence-corrected chi connectivity index (χ0v) is 16.6. The number of nitrogens with one attached hydrogen (secondary N) is 2. The Kier molecular flexibility index (Phi) is 6.09. The molecule has 0 saturated carbocycles. The predicted octanol–water partition coefficient (Wildman–Crippen LogP) is 4.67. The van der Waals surface area contributed by atoms with Gasteiger partial charge in [0, 0.05) is 25.0 Å². The quantitative estimate of drug-likeness (QED) is 0.767. The number of piperidine rings is 1. The van der Waals surface area contributed by atoms with E-state index in [0.29, 0.717) is 5.11 Å². The van der Waals surface area contributed by atoms with Crippen molar-refractivity contribution in [1.82, 2.24) is 10.3 Å². The second-order valence-corrected chi connectivity index (χ2v) is 7.66. The fraction of sp³-hybridized carbons (Fsp3) is 0.429. The molecule has 2 N–H and O–H groups in total. The Bertz CT molecular complexity index is 736. The molecule has 1 saturated heterocycles. The van der Waals surface area contributed by atoms with E-state index in [2.05, 4.69) is 58.6 Å². The van der Waals surface area contributed by atoms with Crippen LogP contribution >= 0.6 is 12.2 Å². The van der Waals surface area contributed by atoms with Gasteiger partial charge in [-0.3, -0.25) is 0 Å². The summed E-state index contributed by atoms with van der Waals surface area (Å²) in [6.07, 6.45) is 4.33. The molecule has 0 amide bonds. The molecule has 1 aliphatic rings. The molecular weight excluding hydrogens is 340 g/mol. The Morgan fingerprint density at radius 1 is 1.19 bits per heavy atom. The van der Waals surface area contributed by atoms with Gasteiger partial charge in [0.1, 0.15) is 5.82 Å². The first-order chi connectivity index (χ1) is 12.5. The lowest BCUT2D eigenvalue weighted by Crippen LogP contribution is -2.33. The summed E-state index contributed by atoms with van der Waals surface area (Å²) in [7, 11) is 0. The summed E-state index contributed by atoms with van der Waals surface area (Å²) in [5, 5.41) is 7.11. The van der Waals surface area contributed by atoms with Crippen LogP contribution in [0.25, 0.3) is 0 Å². The van der Waals surface area contributed by atoms with Crippen LogP contribution in [0.2, 0.25) is 0 Å². The van der Waals surface area contributed by atoms with E-state index in [1.165, 1.54) is 24.1 Å². The Morgan fingerprint density at radius 2 is 1.88 bits per heavy atom. The number of hydrogen-bond acceptors (Lipinski definition) is 3. The van der Waals surface area contributed by atoms with E-state index in [4.69, 9.17) is 12.2 Å². The number of aromatic nitrogens is 1. The molecule has 2 aromatic rings. The molecule has 5 heteroatoms. The Labute approximate surface area is 162 Å². The number of aryl methyl sites for hydroxylation is 1. The highest BCUT2D eigenvalue weighted by Gasteiger charge is 2.16. The van der Waals surface area contributed by atoms with Gasteiger partial charge in [-0.25, -0.2) is 4.98 Å². The minimum atomic E-state index is 0.134. The molecule has 3 rings (SSSR count). The molecule has 1 aromatic heterocycles. The lowest BCUT2D eigenvalue weighted by molar-refractivity contribution is 0.438. The molecule has 1 unspecified atom stereocenters. The minimum absolute atomic E-state index is 0.134. The molecule has 0 radical (unpaired) electrons. The van der Waals surface area contributed by atoms with Crippen LogP contribution < -0.4 is 15.5 Å². The van der Waals surface area contributed by atoms with E-state index in [-0.39, 0.29) is 6.04 Å². The average molecular weight is 369 g/mol.